The van der Waals surface area contributed by atoms with Crippen LogP contribution in [0.3, 0.4) is 0 Å². The van der Waals surface area contributed by atoms with Gasteiger partial charge in [-0.1, -0.05) is 56.4 Å². The van der Waals surface area contributed by atoms with Gasteiger partial charge in [0.25, 0.3) is 5.91 Å². The molecule has 64 heavy (non-hydrogen) atoms. The highest BCUT2D eigenvalue weighted by Gasteiger charge is 2.78. The third-order valence-electron chi connectivity index (χ3n) is 16.6. The van der Waals surface area contributed by atoms with Crippen molar-refractivity contribution in [1.29, 1.82) is 0 Å². The lowest BCUT2D eigenvalue weighted by Crippen LogP contribution is -2.81. The Kier molecular flexibility index (Phi) is 11.4. The largest absolute Gasteiger partial charge is 0.496 e. The number of fused-ring (bicyclic) bond motifs is 6. The summed E-state index contributed by atoms with van der Waals surface area (Å²) in [4.78, 5) is 40.6. The SMILES string of the molecule is CC[C@]1(O)CC2CN(CCc3c([nH]c4ccccc34)[C@@](C(=O)OC)(c3cc4c(cc3OC)N(C)C3C(O)(C(=O)NC/C=C/[C@@H](O)[C@H](N)CO)[C@H](O)[C@]5(CC)C=CCN6CCC43[C@@H]65)C2)C1. The van der Waals surface area contributed by atoms with Crippen LogP contribution in [0, 0.1) is 11.3 Å². The molecule has 15 nitrogen and oxygen atoms in total. The lowest BCUT2D eigenvalue weighted by molar-refractivity contribution is -0.203. The molecule has 2 bridgehead atoms. The van der Waals surface area contributed by atoms with Gasteiger partial charge in [0, 0.05) is 90.6 Å². The molecule has 15 heteroatoms. The molecule has 1 aromatic heterocycles. The number of para-hydroxylation sites is 1. The van der Waals surface area contributed by atoms with Gasteiger partial charge in [0.2, 0.25) is 0 Å². The summed E-state index contributed by atoms with van der Waals surface area (Å²) in [7, 11) is 4.86. The van der Waals surface area contributed by atoms with Gasteiger partial charge in [-0.05, 0) is 74.2 Å². The number of aliphatic hydroxyl groups excluding tert-OH is 3. The Labute approximate surface area is 374 Å². The van der Waals surface area contributed by atoms with Crippen molar-refractivity contribution in [3.8, 4) is 5.75 Å². The molecule has 2 saturated heterocycles. The molecule has 0 radical (unpaired) electrons. The number of hydrogen-bond acceptors (Lipinski definition) is 13. The highest BCUT2D eigenvalue weighted by Crippen LogP contribution is 2.67. The van der Waals surface area contributed by atoms with Crippen molar-refractivity contribution >= 4 is 28.5 Å². The first kappa shape index (κ1) is 44.9. The summed E-state index contributed by atoms with van der Waals surface area (Å²) in [6, 6.07) is 9.92. The zero-order valence-corrected chi connectivity index (χ0v) is 37.7. The van der Waals surface area contributed by atoms with Crippen LogP contribution in [-0.2, 0) is 31.6 Å². The number of likely N-dealkylation sites (N-methyl/N-ethyl adjacent to an activating group) is 1. The van der Waals surface area contributed by atoms with Crippen LogP contribution in [0.5, 0.6) is 5.75 Å². The van der Waals surface area contributed by atoms with Crippen molar-refractivity contribution in [2.75, 3.05) is 72.0 Å². The van der Waals surface area contributed by atoms with Gasteiger partial charge in [-0.3, -0.25) is 19.4 Å². The van der Waals surface area contributed by atoms with Gasteiger partial charge >= 0.3 is 5.97 Å². The minimum Gasteiger partial charge on any atom is -0.496 e. The average Bonchev–Trinajstić information content (AvgIpc) is 3.97. The third-order valence-corrected chi connectivity index (χ3v) is 16.6. The quantitative estimate of drug-likeness (QED) is 0.102. The maximum Gasteiger partial charge on any atom is 0.322 e. The van der Waals surface area contributed by atoms with E-state index in [1.54, 1.807) is 7.11 Å². The number of amides is 1. The van der Waals surface area contributed by atoms with E-state index in [1.165, 1.54) is 19.3 Å². The van der Waals surface area contributed by atoms with Crippen LogP contribution in [0.15, 0.2) is 60.7 Å². The highest BCUT2D eigenvalue weighted by molar-refractivity contribution is 5.95. The summed E-state index contributed by atoms with van der Waals surface area (Å²) in [5, 5.41) is 61.8. The van der Waals surface area contributed by atoms with Crippen molar-refractivity contribution in [1.82, 2.24) is 20.1 Å². The number of rotatable bonds is 11. The number of nitrogens with one attached hydrogen (secondary N) is 2. The van der Waals surface area contributed by atoms with Gasteiger partial charge in [0.15, 0.2) is 5.60 Å². The monoisotopic (exact) mass is 882 g/mol. The molecule has 6 aliphatic rings. The van der Waals surface area contributed by atoms with Crippen molar-refractivity contribution in [2.24, 2.45) is 17.1 Å². The van der Waals surface area contributed by atoms with Crippen LogP contribution in [0.2, 0.25) is 0 Å². The minimum atomic E-state index is -2.36. The summed E-state index contributed by atoms with van der Waals surface area (Å²) in [6.45, 7) is 6.70. The number of benzene rings is 2. The normalized spacial score (nSPS) is 36.3. The number of ether oxygens (including phenoxy) is 2. The second kappa shape index (κ2) is 16.2. The summed E-state index contributed by atoms with van der Waals surface area (Å²) >= 11 is 0. The molecule has 346 valence electrons. The standard InChI is InChI=1S/C49H66N6O9/c1-6-45(61)24-29-25-48(44(60)64-5,39-31(15-20-54(26-29)28-45)30-12-8-9-13-35(30)52-39)33-22-32-36(23-38(33)63-4)53(3)41-47(32)17-21-55-19-11-16-46(7-2,40(47)55)42(58)49(41,62)43(59)51-18-10-14-37(57)34(50)27-56/h8-14,16,22-23,29,34,37,40-42,52,56-58,61-62H,6-7,15,17-21,24-28,50H2,1-5H3,(H,51,59)/b14-10+/t29?,34-,37-,40+,41?,42-,45+,46-,47?,48+,49?/m1/s1. The lowest BCUT2D eigenvalue weighted by Gasteiger charge is -2.63. The van der Waals surface area contributed by atoms with E-state index in [1.807, 2.05) is 62.2 Å². The van der Waals surface area contributed by atoms with Gasteiger partial charge in [-0.15, -0.1) is 0 Å². The van der Waals surface area contributed by atoms with Crippen LogP contribution < -0.4 is 20.7 Å². The number of aromatic nitrogens is 1. The van der Waals surface area contributed by atoms with Gasteiger partial charge in [-0.25, -0.2) is 0 Å². The van der Waals surface area contributed by atoms with Crippen LogP contribution in [0.4, 0.5) is 5.69 Å². The number of carbonyl (C=O) groups excluding carboxylic acids is 2. The zero-order valence-electron chi connectivity index (χ0n) is 37.7. The number of carbonyl (C=O) groups is 2. The Morgan fingerprint density at radius 3 is 2.58 bits per heavy atom. The number of aromatic amines is 1. The minimum absolute atomic E-state index is 0.0812. The van der Waals surface area contributed by atoms with E-state index >= 15 is 4.79 Å². The molecule has 1 spiro atoms. The summed E-state index contributed by atoms with van der Waals surface area (Å²) in [5.74, 6) is -0.900. The number of esters is 1. The molecule has 9 N–H and O–H groups in total. The summed E-state index contributed by atoms with van der Waals surface area (Å²) in [6.07, 6.45) is 7.23. The molecule has 3 aromatic rings. The van der Waals surface area contributed by atoms with Gasteiger partial charge < -0.3 is 55.9 Å². The maximum atomic E-state index is 15.4. The van der Waals surface area contributed by atoms with E-state index < -0.39 is 70.2 Å². The Hall–Kier alpha value is -4.32. The van der Waals surface area contributed by atoms with Crippen molar-refractivity contribution in [2.45, 2.75) is 105 Å². The highest BCUT2D eigenvalue weighted by atomic mass is 16.5. The lowest BCUT2D eigenvalue weighted by atomic mass is 9.47. The van der Waals surface area contributed by atoms with Gasteiger partial charge in [0.1, 0.15) is 17.3 Å². The Morgan fingerprint density at radius 1 is 1.08 bits per heavy atom. The Balaban J connectivity index is 1.27. The van der Waals surface area contributed by atoms with Gasteiger partial charge in [-0.2, -0.15) is 0 Å². The first-order chi connectivity index (χ1) is 30.6. The number of nitrogens with two attached hydrogens (primary N) is 1. The predicted molar refractivity (Wildman–Crippen MR) is 242 cm³/mol. The van der Waals surface area contributed by atoms with Gasteiger partial charge in [0.05, 0.1) is 44.6 Å². The fourth-order valence-electron chi connectivity index (χ4n) is 13.8. The number of hydrogen-bond donors (Lipinski definition) is 8. The molecule has 3 fully saturated rings. The fraction of sp³-hybridized carbons (Fsp3) is 0.592. The second-order valence-corrected chi connectivity index (χ2v) is 19.6. The number of anilines is 1. The molecular weight excluding hydrogens is 817 g/mol. The smallest absolute Gasteiger partial charge is 0.322 e. The molecule has 9 rings (SSSR count). The van der Waals surface area contributed by atoms with E-state index in [2.05, 4.69) is 32.2 Å². The zero-order chi connectivity index (χ0) is 45.6. The summed E-state index contributed by atoms with van der Waals surface area (Å²) in [5.41, 5.74) is 3.85. The number of nitrogens with zero attached hydrogens (tertiary/aromatic N) is 3. The fourth-order valence-corrected chi connectivity index (χ4v) is 13.8. The number of methoxy groups -OCH3 is 2. The Morgan fingerprint density at radius 2 is 1.86 bits per heavy atom. The number of piperidine rings is 1. The number of aliphatic hydroxyl groups is 5. The predicted octanol–water partition coefficient (Wildman–Crippen LogP) is 1.60. The Bertz CT molecular complexity index is 2370. The maximum absolute atomic E-state index is 15.4. The molecule has 1 aliphatic carbocycles. The first-order valence-corrected chi connectivity index (χ1v) is 23.0. The van der Waals surface area contributed by atoms with Crippen LogP contribution >= 0.6 is 0 Å². The van der Waals surface area contributed by atoms with Crippen molar-refractivity contribution < 1.29 is 44.6 Å². The first-order valence-electron chi connectivity index (χ1n) is 23.0. The second-order valence-electron chi connectivity index (χ2n) is 19.6. The molecule has 5 unspecified atom stereocenters. The molecule has 6 heterocycles. The van der Waals surface area contributed by atoms with Crippen molar-refractivity contribution in [3.63, 3.8) is 0 Å². The van der Waals surface area contributed by atoms with Crippen LogP contribution in [0.25, 0.3) is 10.9 Å². The molecule has 12 atom stereocenters. The van der Waals surface area contributed by atoms with E-state index in [-0.39, 0.29) is 18.5 Å². The van der Waals surface area contributed by atoms with E-state index in [4.69, 9.17) is 15.2 Å². The molecule has 1 amide bonds. The van der Waals surface area contributed by atoms with E-state index in [0.717, 1.165) is 33.4 Å². The molecule has 5 aliphatic heterocycles. The van der Waals surface area contributed by atoms with E-state index in [9.17, 15) is 30.3 Å². The average molecular weight is 883 g/mol. The van der Waals surface area contributed by atoms with Crippen molar-refractivity contribution in [3.05, 3.63) is 83.1 Å². The molecular formula is C49H66N6O9. The molecule has 2 aromatic carbocycles. The van der Waals surface area contributed by atoms with Crippen LogP contribution in [-0.4, -0.2) is 161 Å². The molecule has 1 saturated carbocycles. The summed E-state index contributed by atoms with van der Waals surface area (Å²) < 4.78 is 12.3. The van der Waals surface area contributed by atoms with Crippen LogP contribution in [0.1, 0.15) is 68.3 Å². The number of H-pyrrole nitrogens is 1. The van der Waals surface area contributed by atoms with E-state index in [0.29, 0.717) is 82.6 Å². The third kappa shape index (κ3) is 6.21. The topological polar surface area (TPSA) is 217 Å².